The molecule has 0 radical (unpaired) electrons. The number of aliphatic imine (C=N–C) groups is 1. The lowest BCUT2D eigenvalue weighted by atomic mass is 10.1. The molecule has 1 aromatic carbocycles. The highest BCUT2D eigenvalue weighted by Gasteiger charge is 2.12. The van der Waals surface area contributed by atoms with Crippen LogP contribution < -0.4 is 15.4 Å². The van der Waals surface area contributed by atoms with Gasteiger partial charge in [-0.25, -0.2) is 8.42 Å². The summed E-state index contributed by atoms with van der Waals surface area (Å²) in [5.74, 6) is 1.91. The number of sulfone groups is 1. The van der Waals surface area contributed by atoms with Crippen molar-refractivity contribution in [3.05, 3.63) is 29.3 Å². The molecule has 0 saturated carbocycles. The van der Waals surface area contributed by atoms with Gasteiger partial charge in [0.15, 0.2) is 5.96 Å². The molecule has 1 aliphatic rings. The summed E-state index contributed by atoms with van der Waals surface area (Å²) >= 11 is 0. The number of rotatable bonds is 8. The first-order valence-electron chi connectivity index (χ1n) is 8.84. The van der Waals surface area contributed by atoms with Gasteiger partial charge in [0, 0.05) is 31.8 Å². The van der Waals surface area contributed by atoms with Gasteiger partial charge in [0.25, 0.3) is 0 Å². The van der Waals surface area contributed by atoms with Crippen LogP contribution in [0.5, 0.6) is 5.75 Å². The first-order chi connectivity index (χ1) is 11.9. The summed E-state index contributed by atoms with van der Waals surface area (Å²) < 4.78 is 28.1. The molecular weight excluding hydrogens is 338 g/mol. The molecule has 0 fully saturated rings. The third kappa shape index (κ3) is 6.94. The third-order valence-electron chi connectivity index (χ3n) is 4.07. The Morgan fingerprint density at radius 3 is 2.92 bits per heavy atom. The van der Waals surface area contributed by atoms with E-state index in [1.807, 2.05) is 19.9 Å². The highest BCUT2D eigenvalue weighted by Crippen LogP contribution is 2.25. The van der Waals surface area contributed by atoms with Gasteiger partial charge in [-0.2, -0.15) is 0 Å². The molecule has 0 aliphatic carbocycles. The van der Waals surface area contributed by atoms with E-state index in [2.05, 4.69) is 27.8 Å². The fourth-order valence-electron chi connectivity index (χ4n) is 2.71. The number of hydrogen-bond acceptors (Lipinski definition) is 4. The van der Waals surface area contributed by atoms with Crippen LogP contribution in [-0.2, 0) is 22.7 Å². The van der Waals surface area contributed by atoms with E-state index in [1.165, 1.54) is 17.4 Å². The lowest BCUT2D eigenvalue weighted by molar-refractivity contribution is 0.357. The minimum absolute atomic E-state index is 0.0460. The van der Waals surface area contributed by atoms with Crippen LogP contribution in [0, 0.1) is 0 Å². The third-order valence-corrected chi connectivity index (χ3v) is 5.05. The van der Waals surface area contributed by atoms with E-state index in [9.17, 15) is 8.42 Å². The molecule has 7 heteroatoms. The quantitative estimate of drug-likeness (QED) is 0.538. The van der Waals surface area contributed by atoms with Crippen LogP contribution in [0.4, 0.5) is 0 Å². The topological polar surface area (TPSA) is 79.8 Å². The summed E-state index contributed by atoms with van der Waals surface area (Å²) in [6.07, 6.45) is 3.67. The molecule has 1 atom stereocenters. The Hall–Kier alpha value is -1.76. The number of nitrogens with zero attached hydrogens (tertiary/aromatic N) is 1. The van der Waals surface area contributed by atoms with Gasteiger partial charge in [-0.15, -0.1) is 0 Å². The van der Waals surface area contributed by atoms with E-state index in [4.69, 9.17) is 4.74 Å². The summed E-state index contributed by atoms with van der Waals surface area (Å²) in [5, 5.41) is 6.48. The smallest absolute Gasteiger partial charge is 0.191 e. The average Bonchev–Trinajstić information content (AvgIpc) is 3.00. The molecule has 25 heavy (non-hydrogen) atoms. The first-order valence-corrected chi connectivity index (χ1v) is 10.9. The van der Waals surface area contributed by atoms with Crippen LogP contribution in [0.25, 0.3) is 0 Å². The van der Waals surface area contributed by atoms with Crippen molar-refractivity contribution in [3.63, 3.8) is 0 Å². The molecule has 1 aromatic rings. The summed E-state index contributed by atoms with van der Waals surface area (Å²) in [5.41, 5.74) is 2.54. The van der Waals surface area contributed by atoms with Crippen molar-refractivity contribution >= 4 is 15.8 Å². The number of ether oxygens (including phenoxy) is 1. The Kier molecular flexibility index (Phi) is 7.11. The average molecular weight is 368 g/mol. The highest BCUT2D eigenvalue weighted by atomic mass is 32.2. The minimum atomic E-state index is -2.94. The van der Waals surface area contributed by atoms with Crippen molar-refractivity contribution < 1.29 is 13.2 Å². The van der Waals surface area contributed by atoms with E-state index in [0.717, 1.165) is 37.7 Å². The highest BCUT2D eigenvalue weighted by molar-refractivity contribution is 7.90. The van der Waals surface area contributed by atoms with Gasteiger partial charge in [-0.05, 0) is 43.9 Å². The van der Waals surface area contributed by atoms with Crippen molar-refractivity contribution in [2.24, 2.45) is 4.99 Å². The number of guanidine groups is 1. The van der Waals surface area contributed by atoms with Gasteiger partial charge >= 0.3 is 0 Å². The molecule has 2 rings (SSSR count). The number of nitrogens with one attached hydrogen (secondary N) is 2. The molecule has 0 aromatic heterocycles. The molecule has 1 aliphatic heterocycles. The van der Waals surface area contributed by atoms with Crippen LogP contribution in [0.3, 0.4) is 0 Å². The maximum atomic E-state index is 11.3. The van der Waals surface area contributed by atoms with E-state index in [1.54, 1.807) is 0 Å². The van der Waals surface area contributed by atoms with Crippen LogP contribution in [0.15, 0.2) is 23.2 Å². The standard InChI is InChI=1S/C18H29N3O3S/c1-4-19-18(21-14(2)9-12-25(3,22)23)20-10-7-15-5-6-17-16(13-15)8-11-24-17/h5-6,13-14H,4,7-12H2,1-3H3,(H2,19,20,21). The zero-order valence-electron chi connectivity index (χ0n) is 15.3. The molecule has 1 unspecified atom stereocenters. The fourth-order valence-corrected chi connectivity index (χ4v) is 3.49. The number of fused-ring (bicyclic) bond motifs is 1. The van der Waals surface area contributed by atoms with Crippen LogP contribution in [0.2, 0.25) is 0 Å². The van der Waals surface area contributed by atoms with Crippen LogP contribution in [0.1, 0.15) is 31.4 Å². The predicted octanol–water partition coefficient (Wildman–Crippen LogP) is 1.54. The maximum Gasteiger partial charge on any atom is 0.191 e. The van der Waals surface area contributed by atoms with Crippen molar-refractivity contribution in [3.8, 4) is 5.75 Å². The van der Waals surface area contributed by atoms with Gasteiger partial charge in [0.2, 0.25) is 0 Å². The molecule has 0 bridgehead atoms. The van der Waals surface area contributed by atoms with E-state index in [0.29, 0.717) is 13.0 Å². The lowest BCUT2D eigenvalue weighted by Crippen LogP contribution is -2.43. The molecule has 140 valence electrons. The molecule has 2 N–H and O–H groups in total. The zero-order chi connectivity index (χ0) is 18.3. The first kappa shape index (κ1) is 19.6. The maximum absolute atomic E-state index is 11.3. The second-order valence-electron chi connectivity index (χ2n) is 6.52. The predicted molar refractivity (Wildman–Crippen MR) is 102 cm³/mol. The Balaban J connectivity index is 1.86. The van der Waals surface area contributed by atoms with Crippen molar-refractivity contribution in [1.29, 1.82) is 0 Å². The normalized spacial score (nSPS) is 15.4. The molecule has 0 spiro atoms. The Bertz CT molecular complexity index is 702. The Morgan fingerprint density at radius 2 is 2.20 bits per heavy atom. The van der Waals surface area contributed by atoms with Gasteiger partial charge in [-0.1, -0.05) is 12.1 Å². The van der Waals surface area contributed by atoms with Crippen LogP contribution >= 0.6 is 0 Å². The van der Waals surface area contributed by atoms with E-state index < -0.39 is 9.84 Å². The SMILES string of the molecule is CCNC(=NCCc1ccc2c(c1)CCO2)NC(C)CCS(C)(=O)=O. The monoisotopic (exact) mass is 367 g/mol. The largest absolute Gasteiger partial charge is 0.493 e. The summed E-state index contributed by atoms with van der Waals surface area (Å²) in [6, 6.07) is 6.38. The second-order valence-corrected chi connectivity index (χ2v) is 8.77. The van der Waals surface area contributed by atoms with E-state index >= 15 is 0 Å². The van der Waals surface area contributed by atoms with Gasteiger partial charge in [0.1, 0.15) is 15.6 Å². The van der Waals surface area contributed by atoms with Gasteiger partial charge in [0.05, 0.1) is 12.4 Å². The Labute approximate surface area is 151 Å². The molecule has 0 amide bonds. The van der Waals surface area contributed by atoms with Crippen molar-refractivity contribution in [2.45, 2.75) is 39.2 Å². The second kappa shape index (κ2) is 9.08. The molecule has 6 nitrogen and oxygen atoms in total. The summed E-state index contributed by atoms with van der Waals surface area (Å²) in [4.78, 5) is 4.60. The van der Waals surface area contributed by atoms with Crippen molar-refractivity contribution in [2.75, 3.05) is 31.7 Å². The van der Waals surface area contributed by atoms with Gasteiger partial charge in [-0.3, -0.25) is 4.99 Å². The van der Waals surface area contributed by atoms with E-state index in [-0.39, 0.29) is 11.8 Å². The fraction of sp³-hybridized carbons (Fsp3) is 0.611. The number of hydrogen-bond donors (Lipinski definition) is 2. The van der Waals surface area contributed by atoms with Crippen molar-refractivity contribution in [1.82, 2.24) is 10.6 Å². The number of benzene rings is 1. The minimum Gasteiger partial charge on any atom is -0.493 e. The lowest BCUT2D eigenvalue weighted by Gasteiger charge is -2.17. The Morgan fingerprint density at radius 1 is 1.40 bits per heavy atom. The van der Waals surface area contributed by atoms with Gasteiger partial charge < -0.3 is 15.4 Å². The zero-order valence-corrected chi connectivity index (χ0v) is 16.2. The molecular formula is C18H29N3O3S. The molecule has 0 saturated heterocycles. The summed E-state index contributed by atoms with van der Waals surface area (Å²) in [6.45, 7) is 6.20. The summed E-state index contributed by atoms with van der Waals surface area (Å²) in [7, 11) is -2.94. The molecule has 1 heterocycles. The van der Waals surface area contributed by atoms with Crippen LogP contribution in [-0.4, -0.2) is 52.1 Å².